The standard InChI is InChI=1S/C18H24O/c1-3-12-9-10-14(11-13(12)4-2)18(19)17-15-7-5-6-8-16(15)17/h9-11,15-17H,3-8H2,1-2H3. The van der Waals surface area contributed by atoms with E-state index in [1.54, 1.807) is 0 Å². The van der Waals surface area contributed by atoms with Gasteiger partial charge in [-0.25, -0.2) is 0 Å². The Morgan fingerprint density at radius 1 is 1.05 bits per heavy atom. The number of hydrogen-bond acceptors (Lipinski definition) is 1. The monoisotopic (exact) mass is 256 g/mol. The zero-order valence-electron chi connectivity index (χ0n) is 12.1. The third-order valence-electron chi connectivity index (χ3n) is 5.21. The summed E-state index contributed by atoms with van der Waals surface area (Å²) < 4.78 is 0. The van der Waals surface area contributed by atoms with E-state index in [0.717, 1.165) is 30.2 Å². The van der Waals surface area contributed by atoms with Gasteiger partial charge >= 0.3 is 0 Å². The number of benzene rings is 1. The Bertz CT molecular complexity index is 476. The van der Waals surface area contributed by atoms with Crippen molar-refractivity contribution in [3.05, 3.63) is 34.9 Å². The van der Waals surface area contributed by atoms with Crippen molar-refractivity contribution < 1.29 is 4.79 Å². The molecule has 0 N–H and O–H groups in total. The number of hydrogen-bond donors (Lipinski definition) is 0. The van der Waals surface area contributed by atoms with Crippen LogP contribution in [0.1, 0.15) is 61.0 Å². The molecular formula is C18H24O. The van der Waals surface area contributed by atoms with Gasteiger partial charge in [-0.15, -0.1) is 0 Å². The van der Waals surface area contributed by atoms with Gasteiger partial charge < -0.3 is 0 Å². The highest BCUT2D eigenvalue weighted by molar-refractivity contribution is 6.00. The van der Waals surface area contributed by atoms with Gasteiger partial charge in [0.15, 0.2) is 5.78 Å². The van der Waals surface area contributed by atoms with Crippen LogP contribution in [0, 0.1) is 17.8 Å². The van der Waals surface area contributed by atoms with Crippen molar-refractivity contribution in [2.24, 2.45) is 17.8 Å². The second kappa shape index (κ2) is 5.11. The Kier molecular flexibility index (Phi) is 3.47. The fraction of sp³-hybridized carbons (Fsp3) is 0.611. The van der Waals surface area contributed by atoms with Gasteiger partial charge in [-0.05, 0) is 54.7 Å². The molecule has 0 radical (unpaired) electrons. The van der Waals surface area contributed by atoms with Gasteiger partial charge in [-0.3, -0.25) is 4.79 Å². The summed E-state index contributed by atoms with van der Waals surface area (Å²) in [5.41, 5.74) is 3.72. The van der Waals surface area contributed by atoms with E-state index < -0.39 is 0 Å². The van der Waals surface area contributed by atoms with Gasteiger partial charge in [0.25, 0.3) is 0 Å². The van der Waals surface area contributed by atoms with Crippen LogP contribution >= 0.6 is 0 Å². The quantitative estimate of drug-likeness (QED) is 0.728. The van der Waals surface area contributed by atoms with Gasteiger partial charge in [-0.2, -0.15) is 0 Å². The molecule has 1 aromatic carbocycles. The molecule has 0 bridgehead atoms. The summed E-state index contributed by atoms with van der Waals surface area (Å²) in [6.45, 7) is 4.37. The van der Waals surface area contributed by atoms with Crippen LogP contribution in [0.15, 0.2) is 18.2 Å². The lowest BCUT2D eigenvalue weighted by atomic mass is 9.96. The van der Waals surface area contributed by atoms with E-state index in [0.29, 0.717) is 11.7 Å². The molecule has 2 aliphatic rings. The minimum Gasteiger partial charge on any atom is -0.294 e. The van der Waals surface area contributed by atoms with E-state index in [9.17, 15) is 4.79 Å². The molecule has 0 aliphatic heterocycles. The average Bonchev–Trinajstić information content (AvgIpc) is 3.20. The van der Waals surface area contributed by atoms with E-state index in [1.807, 2.05) is 0 Å². The van der Waals surface area contributed by atoms with Crippen LogP contribution in [0.3, 0.4) is 0 Å². The number of aryl methyl sites for hydroxylation is 2. The lowest BCUT2D eigenvalue weighted by Crippen LogP contribution is -2.06. The number of ketones is 1. The summed E-state index contributed by atoms with van der Waals surface area (Å²) in [7, 11) is 0. The van der Waals surface area contributed by atoms with Gasteiger partial charge in [0.1, 0.15) is 0 Å². The van der Waals surface area contributed by atoms with Crippen LogP contribution in [0.5, 0.6) is 0 Å². The minimum absolute atomic E-state index is 0.361. The van der Waals surface area contributed by atoms with E-state index in [2.05, 4.69) is 32.0 Å². The molecular weight excluding hydrogens is 232 g/mol. The topological polar surface area (TPSA) is 17.1 Å². The molecule has 1 aromatic rings. The Hall–Kier alpha value is -1.11. The highest BCUT2D eigenvalue weighted by atomic mass is 16.1. The minimum atomic E-state index is 0.361. The van der Waals surface area contributed by atoms with Crippen LogP contribution in [0.4, 0.5) is 0 Å². The van der Waals surface area contributed by atoms with E-state index in [4.69, 9.17) is 0 Å². The van der Waals surface area contributed by atoms with Crippen molar-refractivity contribution in [1.82, 2.24) is 0 Å². The van der Waals surface area contributed by atoms with Crippen molar-refractivity contribution in [2.75, 3.05) is 0 Å². The Labute approximate surface area is 116 Å². The molecule has 2 saturated carbocycles. The summed E-state index contributed by atoms with van der Waals surface area (Å²) in [4.78, 5) is 12.6. The molecule has 2 atom stereocenters. The maximum absolute atomic E-state index is 12.6. The fourth-order valence-electron chi connectivity index (χ4n) is 4.03. The molecule has 102 valence electrons. The normalized spacial score (nSPS) is 28.8. The summed E-state index contributed by atoms with van der Waals surface area (Å²) in [6, 6.07) is 6.38. The van der Waals surface area contributed by atoms with Crippen LogP contribution in [-0.4, -0.2) is 5.78 Å². The van der Waals surface area contributed by atoms with Gasteiger partial charge in [0, 0.05) is 11.5 Å². The second-order valence-corrected chi connectivity index (χ2v) is 6.19. The zero-order valence-corrected chi connectivity index (χ0v) is 12.1. The number of rotatable bonds is 4. The number of fused-ring (bicyclic) bond motifs is 1. The lowest BCUT2D eigenvalue weighted by molar-refractivity contribution is 0.0956. The largest absolute Gasteiger partial charge is 0.294 e. The molecule has 1 nitrogen and oxygen atoms in total. The third-order valence-corrected chi connectivity index (χ3v) is 5.21. The maximum Gasteiger partial charge on any atom is 0.166 e. The third kappa shape index (κ3) is 2.24. The smallest absolute Gasteiger partial charge is 0.166 e. The van der Waals surface area contributed by atoms with Crippen molar-refractivity contribution in [3.63, 3.8) is 0 Å². The SMILES string of the molecule is CCc1ccc(C(=O)C2C3CCCCC32)cc1CC. The summed E-state index contributed by atoms with van der Waals surface area (Å²) in [5.74, 6) is 2.23. The Morgan fingerprint density at radius 2 is 1.68 bits per heavy atom. The molecule has 0 heterocycles. The fourth-order valence-corrected chi connectivity index (χ4v) is 4.03. The van der Waals surface area contributed by atoms with Crippen LogP contribution in [0.2, 0.25) is 0 Å². The van der Waals surface area contributed by atoms with Crippen molar-refractivity contribution in [2.45, 2.75) is 52.4 Å². The molecule has 2 unspecified atom stereocenters. The second-order valence-electron chi connectivity index (χ2n) is 6.19. The predicted octanol–water partition coefficient (Wildman–Crippen LogP) is 4.43. The maximum atomic E-state index is 12.6. The average molecular weight is 256 g/mol. The predicted molar refractivity (Wildman–Crippen MR) is 78.5 cm³/mol. The highest BCUT2D eigenvalue weighted by Gasteiger charge is 2.54. The molecule has 0 spiro atoms. The van der Waals surface area contributed by atoms with Crippen LogP contribution in [-0.2, 0) is 12.8 Å². The summed E-state index contributed by atoms with van der Waals surface area (Å²) in [5, 5.41) is 0. The zero-order chi connectivity index (χ0) is 13.4. The molecule has 3 rings (SSSR count). The first-order chi connectivity index (χ1) is 9.26. The van der Waals surface area contributed by atoms with Gasteiger partial charge in [0.05, 0.1) is 0 Å². The molecule has 2 fully saturated rings. The van der Waals surface area contributed by atoms with Crippen molar-refractivity contribution in [1.29, 1.82) is 0 Å². The first-order valence-corrected chi connectivity index (χ1v) is 7.92. The number of Topliss-reactive ketones (excluding diaryl/α,β-unsaturated/α-hetero) is 1. The number of carbonyl (C=O) groups excluding carboxylic acids is 1. The molecule has 0 saturated heterocycles. The van der Waals surface area contributed by atoms with Crippen molar-refractivity contribution in [3.8, 4) is 0 Å². The Morgan fingerprint density at radius 3 is 2.26 bits per heavy atom. The molecule has 2 aliphatic carbocycles. The number of carbonyl (C=O) groups is 1. The molecule has 0 aromatic heterocycles. The van der Waals surface area contributed by atoms with Crippen LogP contribution < -0.4 is 0 Å². The first kappa shape index (κ1) is 12.9. The highest BCUT2D eigenvalue weighted by Crippen LogP contribution is 2.56. The molecule has 19 heavy (non-hydrogen) atoms. The van der Waals surface area contributed by atoms with Gasteiger partial charge in [-0.1, -0.05) is 38.8 Å². The van der Waals surface area contributed by atoms with Crippen molar-refractivity contribution >= 4 is 5.78 Å². The van der Waals surface area contributed by atoms with E-state index >= 15 is 0 Å². The molecule has 0 amide bonds. The molecule has 1 heteroatoms. The summed E-state index contributed by atoms with van der Waals surface area (Å²) >= 11 is 0. The van der Waals surface area contributed by atoms with E-state index in [1.165, 1.54) is 36.8 Å². The van der Waals surface area contributed by atoms with Gasteiger partial charge in [0.2, 0.25) is 0 Å². The van der Waals surface area contributed by atoms with E-state index in [-0.39, 0.29) is 0 Å². The lowest BCUT2D eigenvalue weighted by Gasteiger charge is -2.08. The van der Waals surface area contributed by atoms with Crippen LogP contribution in [0.25, 0.3) is 0 Å². The first-order valence-electron chi connectivity index (χ1n) is 7.92. The summed E-state index contributed by atoms with van der Waals surface area (Å²) in [6.07, 6.45) is 7.33. The Balaban J connectivity index is 1.80.